The van der Waals surface area contributed by atoms with E-state index >= 15 is 0 Å². The summed E-state index contributed by atoms with van der Waals surface area (Å²) in [5.74, 6) is 0.915. The number of urea groups is 1. The minimum Gasteiger partial charge on any atom is -0.335 e. The van der Waals surface area contributed by atoms with Crippen molar-refractivity contribution in [2.45, 2.75) is 51.5 Å². The van der Waals surface area contributed by atoms with Gasteiger partial charge in [-0.05, 0) is 62.3 Å². The average Bonchev–Trinajstić information content (AvgIpc) is 3.06. The summed E-state index contributed by atoms with van der Waals surface area (Å²) >= 11 is 3.48. The van der Waals surface area contributed by atoms with Crippen LogP contribution in [0.5, 0.6) is 0 Å². The molecular weight excluding hydrogens is 366 g/mol. The standard InChI is InChI=1S/C19H28BrN3O/c1-14-12-17(6-7-18(14)20)22-19(24)21-16-8-10-23(11-9-16)13-15-4-2-3-5-15/h6-7,12,15-16H,2-5,8-11,13H2,1H3,(H2,21,22,24). The number of hydrogen-bond donors (Lipinski definition) is 2. The number of hydrogen-bond acceptors (Lipinski definition) is 2. The fourth-order valence-corrected chi connectivity index (χ4v) is 4.14. The van der Waals surface area contributed by atoms with E-state index < -0.39 is 0 Å². The molecule has 1 aromatic carbocycles. The molecule has 4 nitrogen and oxygen atoms in total. The molecule has 0 radical (unpaired) electrons. The number of aryl methyl sites for hydroxylation is 1. The van der Waals surface area contributed by atoms with Gasteiger partial charge in [-0.1, -0.05) is 28.8 Å². The summed E-state index contributed by atoms with van der Waals surface area (Å²) in [6.45, 7) is 5.50. The maximum atomic E-state index is 12.2. The van der Waals surface area contributed by atoms with Crippen molar-refractivity contribution in [2.24, 2.45) is 5.92 Å². The van der Waals surface area contributed by atoms with Gasteiger partial charge in [-0.2, -0.15) is 0 Å². The second kappa shape index (κ2) is 8.34. The van der Waals surface area contributed by atoms with Gasteiger partial charge >= 0.3 is 6.03 Å². The number of piperidine rings is 1. The number of rotatable bonds is 4. The zero-order valence-corrected chi connectivity index (χ0v) is 16.1. The molecule has 0 aromatic heterocycles. The van der Waals surface area contributed by atoms with Gasteiger partial charge in [0.2, 0.25) is 0 Å². The SMILES string of the molecule is Cc1cc(NC(=O)NC2CCN(CC3CCCC3)CC2)ccc1Br. The topological polar surface area (TPSA) is 44.4 Å². The number of likely N-dealkylation sites (tertiary alicyclic amines) is 1. The molecule has 3 rings (SSSR count). The van der Waals surface area contributed by atoms with E-state index in [0.29, 0.717) is 6.04 Å². The molecule has 2 fully saturated rings. The smallest absolute Gasteiger partial charge is 0.319 e. The predicted octanol–water partition coefficient (Wildman–Crippen LogP) is 4.53. The Labute approximate surface area is 153 Å². The second-order valence-electron chi connectivity index (χ2n) is 7.29. The molecule has 0 unspecified atom stereocenters. The highest BCUT2D eigenvalue weighted by atomic mass is 79.9. The predicted molar refractivity (Wildman–Crippen MR) is 102 cm³/mol. The maximum absolute atomic E-state index is 12.2. The number of anilines is 1. The van der Waals surface area contributed by atoms with Gasteiger partial charge in [0.05, 0.1) is 0 Å². The van der Waals surface area contributed by atoms with Crippen molar-refractivity contribution in [3.8, 4) is 0 Å². The molecule has 5 heteroatoms. The number of carbonyl (C=O) groups excluding carboxylic acids is 1. The van der Waals surface area contributed by atoms with E-state index in [1.165, 1.54) is 32.2 Å². The largest absolute Gasteiger partial charge is 0.335 e. The highest BCUT2D eigenvalue weighted by Gasteiger charge is 2.24. The van der Waals surface area contributed by atoms with Crippen LogP contribution in [0.1, 0.15) is 44.1 Å². The number of carbonyl (C=O) groups is 1. The summed E-state index contributed by atoms with van der Waals surface area (Å²) in [6, 6.07) is 6.06. The van der Waals surface area contributed by atoms with Crippen LogP contribution in [0.25, 0.3) is 0 Å². The number of benzene rings is 1. The van der Waals surface area contributed by atoms with E-state index in [9.17, 15) is 4.79 Å². The summed E-state index contributed by atoms with van der Waals surface area (Å²) in [4.78, 5) is 14.8. The van der Waals surface area contributed by atoms with Crippen molar-refractivity contribution in [3.05, 3.63) is 28.2 Å². The van der Waals surface area contributed by atoms with Crippen molar-refractivity contribution in [1.29, 1.82) is 0 Å². The molecular formula is C19H28BrN3O. The Kier molecular flexibility index (Phi) is 6.17. The number of amides is 2. The van der Waals surface area contributed by atoms with Crippen molar-refractivity contribution >= 4 is 27.6 Å². The van der Waals surface area contributed by atoms with Crippen LogP contribution in [0.4, 0.5) is 10.5 Å². The lowest BCUT2D eigenvalue weighted by atomic mass is 10.0. The summed E-state index contributed by atoms with van der Waals surface area (Å²) < 4.78 is 1.06. The van der Waals surface area contributed by atoms with Crippen molar-refractivity contribution in [2.75, 3.05) is 25.0 Å². The molecule has 24 heavy (non-hydrogen) atoms. The Bertz CT molecular complexity index is 564. The first-order valence-corrected chi connectivity index (χ1v) is 9.95. The van der Waals surface area contributed by atoms with Crippen LogP contribution < -0.4 is 10.6 Å². The van der Waals surface area contributed by atoms with Crippen LogP contribution in [0.2, 0.25) is 0 Å². The lowest BCUT2D eigenvalue weighted by Gasteiger charge is -2.33. The lowest BCUT2D eigenvalue weighted by Crippen LogP contribution is -2.46. The minimum atomic E-state index is -0.0917. The zero-order valence-electron chi connectivity index (χ0n) is 14.5. The highest BCUT2D eigenvalue weighted by molar-refractivity contribution is 9.10. The number of halogens is 1. The molecule has 2 amide bonds. The van der Waals surface area contributed by atoms with Crippen molar-refractivity contribution < 1.29 is 4.79 Å². The van der Waals surface area contributed by atoms with Crippen molar-refractivity contribution in [3.63, 3.8) is 0 Å². The van der Waals surface area contributed by atoms with Crippen LogP contribution in [-0.2, 0) is 0 Å². The van der Waals surface area contributed by atoms with Gasteiger partial charge in [0.1, 0.15) is 0 Å². The first kappa shape index (κ1) is 17.7. The monoisotopic (exact) mass is 393 g/mol. The first-order valence-electron chi connectivity index (χ1n) is 9.16. The number of nitrogens with zero attached hydrogens (tertiary/aromatic N) is 1. The molecule has 132 valence electrons. The fourth-order valence-electron chi connectivity index (χ4n) is 3.89. The molecule has 0 atom stereocenters. The third-order valence-electron chi connectivity index (χ3n) is 5.33. The van der Waals surface area contributed by atoms with Crippen LogP contribution in [0.3, 0.4) is 0 Å². The third kappa shape index (κ3) is 4.96. The summed E-state index contributed by atoms with van der Waals surface area (Å²) in [7, 11) is 0. The van der Waals surface area contributed by atoms with Gasteiger partial charge in [0, 0.05) is 35.8 Å². The first-order chi connectivity index (χ1) is 11.6. The van der Waals surface area contributed by atoms with Crippen LogP contribution in [-0.4, -0.2) is 36.6 Å². The van der Waals surface area contributed by atoms with Crippen LogP contribution in [0.15, 0.2) is 22.7 Å². The molecule has 0 bridgehead atoms. The average molecular weight is 394 g/mol. The van der Waals surface area contributed by atoms with Gasteiger partial charge in [0.25, 0.3) is 0 Å². The van der Waals surface area contributed by atoms with Crippen LogP contribution in [0, 0.1) is 12.8 Å². The van der Waals surface area contributed by atoms with Gasteiger partial charge in [-0.25, -0.2) is 4.79 Å². The minimum absolute atomic E-state index is 0.0917. The fraction of sp³-hybridized carbons (Fsp3) is 0.632. The molecule has 2 N–H and O–H groups in total. The summed E-state index contributed by atoms with van der Waals surface area (Å²) in [5, 5.41) is 6.07. The normalized spacial score (nSPS) is 20.2. The molecule has 2 aliphatic rings. The van der Waals surface area contributed by atoms with E-state index in [4.69, 9.17) is 0 Å². The lowest BCUT2D eigenvalue weighted by molar-refractivity contribution is 0.173. The Morgan fingerprint density at radius 3 is 2.58 bits per heavy atom. The zero-order chi connectivity index (χ0) is 16.9. The quantitative estimate of drug-likeness (QED) is 0.788. The second-order valence-corrected chi connectivity index (χ2v) is 8.14. The molecule has 0 spiro atoms. The maximum Gasteiger partial charge on any atom is 0.319 e. The Balaban J connectivity index is 1.40. The Morgan fingerprint density at radius 2 is 1.92 bits per heavy atom. The van der Waals surface area contributed by atoms with E-state index in [0.717, 1.165) is 47.6 Å². The molecule has 1 aliphatic heterocycles. The Morgan fingerprint density at radius 1 is 1.21 bits per heavy atom. The third-order valence-corrected chi connectivity index (χ3v) is 6.22. The molecule has 1 heterocycles. The molecule has 1 aliphatic carbocycles. The Hall–Kier alpha value is -1.07. The van der Waals surface area contributed by atoms with E-state index in [2.05, 4.69) is 31.5 Å². The molecule has 1 saturated carbocycles. The van der Waals surface area contributed by atoms with E-state index in [1.54, 1.807) is 0 Å². The van der Waals surface area contributed by atoms with Gasteiger partial charge < -0.3 is 15.5 Å². The van der Waals surface area contributed by atoms with Crippen LogP contribution >= 0.6 is 15.9 Å². The van der Waals surface area contributed by atoms with Gasteiger partial charge in [-0.15, -0.1) is 0 Å². The van der Waals surface area contributed by atoms with Crippen molar-refractivity contribution in [1.82, 2.24) is 10.2 Å². The van der Waals surface area contributed by atoms with Gasteiger partial charge in [-0.3, -0.25) is 0 Å². The van der Waals surface area contributed by atoms with E-state index in [-0.39, 0.29) is 6.03 Å². The highest BCUT2D eigenvalue weighted by Crippen LogP contribution is 2.26. The van der Waals surface area contributed by atoms with Gasteiger partial charge in [0.15, 0.2) is 0 Å². The molecule has 1 saturated heterocycles. The summed E-state index contributed by atoms with van der Waals surface area (Å²) in [6.07, 6.45) is 7.76. The molecule has 1 aromatic rings. The van der Waals surface area contributed by atoms with E-state index in [1.807, 2.05) is 25.1 Å². The number of nitrogens with one attached hydrogen (secondary N) is 2. The summed E-state index contributed by atoms with van der Waals surface area (Å²) in [5.41, 5.74) is 1.96.